The Balaban J connectivity index is 2.28. The van der Waals surface area contributed by atoms with E-state index in [1.54, 1.807) is 0 Å². The van der Waals surface area contributed by atoms with Crippen LogP contribution >= 0.6 is 0 Å². The highest BCUT2D eigenvalue weighted by atomic mass is 16.4. The van der Waals surface area contributed by atoms with Crippen molar-refractivity contribution in [1.29, 1.82) is 0 Å². The fraction of sp³-hybridized carbons (Fsp3) is 0.900. The highest BCUT2D eigenvalue weighted by Gasteiger charge is 2.33. The average Bonchev–Trinajstić information content (AvgIpc) is 2.47. The molecule has 1 aliphatic rings. The molecule has 0 aromatic rings. The molecule has 4 heteroatoms. The molecular weight excluding hydrogens is 182 g/mol. The highest BCUT2D eigenvalue weighted by Crippen LogP contribution is 2.23. The Morgan fingerprint density at radius 3 is 2.64 bits per heavy atom. The summed E-state index contributed by atoms with van der Waals surface area (Å²) >= 11 is 0. The number of aliphatic hydroxyl groups excluding tert-OH is 1. The number of carboxylic acid groups (broad SMARTS) is 1. The number of carbonyl (C=O) groups is 1. The van der Waals surface area contributed by atoms with E-state index in [0.29, 0.717) is 6.54 Å². The lowest BCUT2D eigenvalue weighted by atomic mass is 9.99. The number of hydrogen-bond donors (Lipinski definition) is 2. The van der Waals surface area contributed by atoms with Crippen molar-refractivity contribution >= 4 is 5.97 Å². The van der Waals surface area contributed by atoms with Crippen molar-refractivity contribution in [3.05, 3.63) is 0 Å². The van der Waals surface area contributed by atoms with Gasteiger partial charge in [0.25, 0.3) is 0 Å². The monoisotopic (exact) mass is 201 g/mol. The van der Waals surface area contributed by atoms with Gasteiger partial charge >= 0.3 is 5.97 Å². The van der Waals surface area contributed by atoms with Crippen molar-refractivity contribution < 1.29 is 15.0 Å². The fourth-order valence-electron chi connectivity index (χ4n) is 2.02. The first kappa shape index (κ1) is 11.5. The van der Waals surface area contributed by atoms with E-state index in [2.05, 4.69) is 4.90 Å². The van der Waals surface area contributed by atoms with Crippen LogP contribution in [0, 0.1) is 11.8 Å². The smallest absolute Gasteiger partial charge is 0.308 e. The van der Waals surface area contributed by atoms with Crippen LogP contribution in [0.25, 0.3) is 0 Å². The molecule has 0 radical (unpaired) electrons. The van der Waals surface area contributed by atoms with Gasteiger partial charge in [0.1, 0.15) is 0 Å². The van der Waals surface area contributed by atoms with E-state index >= 15 is 0 Å². The van der Waals surface area contributed by atoms with Crippen LogP contribution in [-0.4, -0.2) is 47.3 Å². The van der Waals surface area contributed by atoms with Gasteiger partial charge in [0.05, 0.1) is 5.92 Å². The van der Waals surface area contributed by atoms with Crippen LogP contribution in [0.1, 0.15) is 19.8 Å². The van der Waals surface area contributed by atoms with Gasteiger partial charge in [-0.05, 0) is 25.3 Å². The van der Waals surface area contributed by atoms with Gasteiger partial charge in [0.15, 0.2) is 0 Å². The summed E-state index contributed by atoms with van der Waals surface area (Å²) < 4.78 is 0. The number of unbranched alkanes of at least 4 members (excludes halogenated alkanes) is 1. The van der Waals surface area contributed by atoms with E-state index in [0.717, 1.165) is 25.9 Å². The van der Waals surface area contributed by atoms with Gasteiger partial charge in [-0.2, -0.15) is 0 Å². The van der Waals surface area contributed by atoms with E-state index < -0.39 is 5.97 Å². The second-order valence-corrected chi connectivity index (χ2v) is 4.11. The number of carboxylic acids is 1. The Labute approximate surface area is 84.5 Å². The number of hydrogen-bond acceptors (Lipinski definition) is 3. The number of aliphatic carboxylic acids is 1. The molecule has 1 saturated heterocycles. The van der Waals surface area contributed by atoms with Crippen molar-refractivity contribution in [2.75, 3.05) is 26.2 Å². The average molecular weight is 201 g/mol. The Morgan fingerprint density at radius 1 is 1.43 bits per heavy atom. The van der Waals surface area contributed by atoms with E-state index in [-0.39, 0.29) is 18.4 Å². The van der Waals surface area contributed by atoms with Gasteiger partial charge in [-0.1, -0.05) is 6.92 Å². The molecule has 0 aromatic heterocycles. The summed E-state index contributed by atoms with van der Waals surface area (Å²) in [5.41, 5.74) is 0. The lowest BCUT2D eigenvalue weighted by Crippen LogP contribution is -2.24. The fourth-order valence-corrected chi connectivity index (χ4v) is 2.02. The summed E-state index contributed by atoms with van der Waals surface area (Å²) in [7, 11) is 0. The maximum atomic E-state index is 10.8. The normalized spacial score (nSPS) is 28.1. The Hall–Kier alpha value is -0.610. The number of nitrogens with zero attached hydrogens (tertiary/aromatic N) is 1. The second-order valence-electron chi connectivity index (χ2n) is 4.11. The topological polar surface area (TPSA) is 60.8 Å². The molecule has 2 N–H and O–H groups in total. The third kappa shape index (κ3) is 2.96. The van der Waals surface area contributed by atoms with Crippen molar-refractivity contribution in [2.45, 2.75) is 19.8 Å². The minimum atomic E-state index is -0.679. The molecule has 14 heavy (non-hydrogen) atoms. The molecule has 0 unspecified atom stereocenters. The molecule has 4 nitrogen and oxygen atoms in total. The summed E-state index contributed by atoms with van der Waals surface area (Å²) in [5, 5.41) is 17.5. The molecule has 2 atom stereocenters. The zero-order valence-corrected chi connectivity index (χ0v) is 8.65. The number of aliphatic hydroxyl groups is 1. The predicted molar refractivity (Wildman–Crippen MR) is 53.0 cm³/mol. The molecular formula is C10H19NO3. The zero-order valence-electron chi connectivity index (χ0n) is 8.65. The van der Waals surface area contributed by atoms with Crippen LogP contribution in [-0.2, 0) is 4.79 Å². The quantitative estimate of drug-likeness (QED) is 0.632. The van der Waals surface area contributed by atoms with Crippen LogP contribution in [0.3, 0.4) is 0 Å². The van der Waals surface area contributed by atoms with E-state index in [1.807, 2.05) is 6.92 Å². The van der Waals surface area contributed by atoms with Gasteiger partial charge in [-0.3, -0.25) is 4.79 Å². The molecule has 0 bridgehead atoms. The highest BCUT2D eigenvalue weighted by molar-refractivity contribution is 5.71. The first-order valence-electron chi connectivity index (χ1n) is 5.21. The van der Waals surface area contributed by atoms with E-state index in [4.69, 9.17) is 10.2 Å². The SMILES string of the molecule is C[C@@H]1CN(CCCCO)C[C@H]1C(=O)O. The van der Waals surface area contributed by atoms with Crippen molar-refractivity contribution in [3.8, 4) is 0 Å². The first-order valence-corrected chi connectivity index (χ1v) is 5.21. The number of likely N-dealkylation sites (tertiary alicyclic amines) is 1. The van der Waals surface area contributed by atoms with Gasteiger partial charge in [0.2, 0.25) is 0 Å². The van der Waals surface area contributed by atoms with E-state index in [1.165, 1.54) is 0 Å². The molecule has 1 aliphatic heterocycles. The molecule has 0 saturated carbocycles. The summed E-state index contributed by atoms with van der Waals surface area (Å²) in [6.45, 7) is 4.68. The van der Waals surface area contributed by atoms with Crippen LogP contribution in [0.15, 0.2) is 0 Å². The van der Waals surface area contributed by atoms with Crippen LogP contribution in [0.4, 0.5) is 0 Å². The molecule has 1 heterocycles. The summed E-state index contributed by atoms with van der Waals surface area (Å²) in [6.07, 6.45) is 1.76. The molecule has 0 amide bonds. The van der Waals surface area contributed by atoms with Crippen LogP contribution in [0.5, 0.6) is 0 Å². The van der Waals surface area contributed by atoms with Crippen molar-refractivity contribution in [1.82, 2.24) is 4.90 Å². The number of rotatable bonds is 5. The Bertz CT molecular complexity index is 196. The third-order valence-electron chi connectivity index (χ3n) is 2.89. The van der Waals surface area contributed by atoms with Gasteiger partial charge in [-0.25, -0.2) is 0 Å². The standard InChI is InChI=1S/C10H19NO3/c1-8-6-11(4-2-3-5-12)7-9(8)10(13)14/h8-9,12H,2-7H2,1H3,(H,13,14)/t8-,9-/m1/s1. The van der Waals surface area contributed by atoms with E-state index in [9.17, 15) is 4.79 Å². The molecule has 82 valence electrons. The Kier molecular flexibility index (Phi) is 4.35. The van der Waals surface area contributed by atoms with Crippen LogP contribution < -0.4 is 0 Å². The van der Waals surface area contributed by atoms with Gasteiger partial charge in [0, 0.05) is 19.7 Å². The largest absolute Gasteiger partial charge is 0.481 e. The van der Waals surface area contributed by atoms with Gasteiger partial charge < -0.3 is 15.1 Å². The minimum Gasteiger partial charge on any atom is -0.481 e. The summed E-state index contributed by atoms with van der Waals surface area (Å²) in [6, 6.07) is 0. The van der Waals surface area contributed by atoms with Gasteiger partial charge in [-0.15, -0.1) is 0 Å². The first-order chi connectivity index (χ1) is 6.65. The lowest BCUT2D eigenvalue weighted by Gasteiger charge is -2.14. The zero-order chi connectivity index (χ0) is 10.6. The Morgan fingerprint density at radius 2 is 2.14 bits per heavy atom. The van der Waals surface area contributed by atoms with Crippen molar-refractivity contribution in [2.24, 2.45) is 11.8 Å². The molecule has 0 aromatic carbocycles. The third-order valence-corrected chi connectivity index (χ3v) is 2.89. The van der Waals surface area contributed by atoms with Crippen molar-refractivity contribution in [3.63, 3.8) is 0 Å². The molecule has 0 aliphatic carbocycles. The van der Waals surface area contributed by atoms with Crippen LogP contribution in [0.2, 0.25) is 0 Å². The maximum absolute atomic E-state index is 10.8. The maximum Gasteiger partial charge on any atom is 0.308 e. The summed E-state index contributed by atoms with van der Waals surface area (Å²) in [5.74, 6) is -0.632. The summed E-state index contributed by atoms with van der Waals surface area (Å²) in [4.78, 5) is 13.0. The second kappa shape index (κ2) is 5.32. The lowest BCUT2D eigenvalue weighted by molar-refractivity contribution is -0.142. The molecule has 1 rings (SSSR count). The predicted octanol–water partition coefficient (Wildman–Crippen LogP) is 0.411. The molecule has 0 spiro atoms. The minimum absolute atomic E-state index is 0.205. The molecule has 1 fully saturated rings.